The summed E-state index contributed by atoms with van der Waals surface area (Å²) < 4.78 is 221. The maximum Gasteiger partial charge on any atom is 0.460 e. The Morgan fingerprint density at radius 1 is 0.342 bits per heavy atom. The van der Waals surface area contributed by atoms with Crippen molar-refractivity contribution in [3.05, 3.63) is 188 Å². The molecule has 4 aromatic carbocycles. The van der Waals surface area contributed by atoms with E-state index in [0.717, 1.165) is 101 Å². The molecule has 8 bridgehead atoms. The zero-order chi connectivity index (χ0) is 86.3. The summed E-state index contributed by atoms with van der Waals surface area (Å²) in [5.41, 5.74) is -8.55. The number of halogens is 14. The van der Waals surface area contributed by atoms with Crippen molar-refractivity contribution >= 4 is 115 Å². The van der Waals surface area contributed by atoms with Crippen LogP contribution in [-0.4, -0.2) is 93.9 Å². The minimum atomic E-state index is -6.95. The largest absolute Gasteiger partial charge is 0.460 e. The molecular formula is C94H92F14N8O4. The molecule has 6 aliphatic rings. The molecule has 0 fully saturated rings. The van der Waals surface area contributed by atoms with Gasteiger partial charge in [0.25, 0.3) is 23.6 Å². The average molecular weight is 1660 g/mol. The highest BCUT2D eigenvalue weighted by Crippen LogP contribution is 2.57. The molecule has 26 heteroatoms. The minimum absolute atomic E-state index is 0.0376. The third kappa shape index (κ3) is 15.9. The van der Waals surface area contributed by atoms with Crippen molar-refractivity contribution in [1.82, 2.24) is 19.9 Å². The zero-order valence-corrected chi connectivity index (χ0v) is 67.8. The van der Waals surface area contributed by atoms with E-state index in [4.69, 9.17) is 0 Å². The summed E-state index contributed by atoms with van der Waals surface area (Å²) in [5, 5.41) is 0. The van der Waals surface area contributed by atoms with Gasteiger partial charge in [-0.05, 0) is 134 Å². The van der Waals surface area contributed by atoms with Crippen molar-refractivity contribution in [2.75, 3.05) is 45.8 Å². The maximum absolute atomic E-state index is 17.2. The summed E-state index contributed by atoms with van der Waals surface area (Å²) in [5.74, 6) is -16.7. The molecule has 9 heterocycles. The Hall–Kier alpha value is -11.0. The predicted molar refractivity (Wildman–Crippen MR) is 443 cm³/mol. The summed E-state index contributed by atoms with van der Waals surface area (Å²) in [6, 6.07) is 26.4. The molecule has 13 rings (SSSR count). The van der Waals surface area contributed by atoms with E-state index in [0.29, 0.717) is 96.7 Å². The summed E-state index contributed by atoms with van der Waals surface area (Å²) >= 11 is 0. The monoisotopic (exact) mass is 1660 g/mol. The van der Waals surface area contributed by atoms with E-state index in [1.807, 2.05) is 53.7 Å². The number of alkyl halides is 14. The van der Waals surface area contributed by atoms with E-state index in [9.17, 15) is 26.3 Å². The maximum atomic E-state index is 17.2. The standard InChI is InChI=1S/C94H92F14N8O4/c1-9-17-25-55(13-5)51-113-75-31-23-21-29-63(75)79(85(113)117)81-65-39-35-59(49-77(65)115(87(81)119)53-57(15-7)27-19-11-3)33-37-61-67-41-45-71(109-67)83(89(95,96)91(99,100)93(103,104)105)73-47-43-69(111-73)62(70-44-48-74(112-70)84(72-46-42-68(61)110-72)90(97,98)92(101,102)94(106,107)108)38-34-60-36-40-66-78(50-60)116(54-58(16-8)28-20-12-4)88(120)82(66)80-64-30-22-24-32-76(64)114(86(80)118)52-56(14-6)26-18-10-2/h21-24,29-32,35-36,39-50,55-58,109-110H,9-20,25-28,51-54H2,1-8H3/b67-61?,68-61?,69-62?,70-62?,81-79-,82-80+,83-71?,83-73?,84-72?,84-74?. The lowest BCUT2D eigenvalue weighted by molar-refractivity contribution is -0.359. The number of amides is 4. The molecule has 2 N–H and O–H groups in total. The number of fused-ring (bicyclic) bond motifs is 12. The molecule has 7 aromatic rings. The van der Waals surface area contributed by atoms with Gasteiger partial charge in [0.1, 0.15) is 0 Å². The number of carbonyl (C=O) groups is 4. The smallest absolute Gasteiger partial charge is 0.354 e. The fraction of sp³-hybridized carbons (Fsp3) is 0.404. The Morgan fingerprint density at radius 2 is 0.633 bits per heavy atom. The molecule has 0 saturated heterocycles. The van der Waals surface area contributed by atoms with Crippen LogP contribution in [0.25, 0.3) is 68.7 Å². The number of anilines is 4. The van der Waals surface area contributed by atoms with E-state index >= 15 is 54.3 Å². The number of H-pyrrole nitrogens is 2. The highest BCUT2D eigenvalue weighted by molar-refractivity contribution is 6.51. The van der Waals surface area contributed by atoms with Gasteiger partial charge in [0, 0.05) is 59.6 Å². The summed E-state index contributed by atoms with van der Waals surface area (Å²) in [6.07, 6.45) is 1.95. The van der Waals surface area contributed by atoms with Gasteiger partial charge in [0.15, 0.2) is 0 Å². The molecule has 3 aromatic heterocycles. The van der Waals surface area contributed by atoms with Gasteiger partial charge >= 0.3 is 36.0 Å². The molecule has 0 spiro atoms. The third-order valence-electron chi connectivity index (χ3n) is 23.9. The Labute approximate surface area is 687 Å². The second kappa shape index (κ2) is 34.6. The lowest BCUT2D eigenvalue weighted by Gasteiger charge is -2.28. The van der Waals surface area contributed by atoms with Gasteiger partial charge in [0.2, 0.25) is 0 Å². The number of aromatic amines is 2. The number of nitrogens with zero attached hydrogens (tertiary/aromatic N) is 6. The van der Waals surface area contributed by atoms with E-state index in [-0.39, 0.29) is 81.6 Å². The van der Waals surface area contributed by atoms with Crippen molar-refractivity contribution < 1.29 is 80.6 Å². The van der Waals surface area contributed by atoms with Gasteiger partial charge in [-0.1, -0.05) is 205 Å². The zero-order valence-electron chi connectivity index (χ0n) is 67.8. The van der Waals surface area contributed by atoms with Crippen LogP contribution < -0.4 is 19.6 Å². The molecule has 0 saturated carbocycles. The molecular weight excluding hydrogens is 1570 g/mol. The van der Waals surface area contributed by atoms with Crippen LogP contribution in [0.4, 0.5) is 84.2 Å². The summed E-state index contributed by atoms with van der Waals surface area (Å²) in [6.45, 7) is 17.3. The molecule has 0 radical (unpaired) electrons. The Balaban J connectivity index is 1.03. The number of unbranched alkanes of at least 4 members (excludes halogenated alkanes) is 4. The van der Waals surface area contributed by atoms with Crippen LogP contribution in [0.3, 0.4) is 0 Å². The lowest BCUT2D eigenvalue weighted by atomic mass is 9.95. The molecule has 4 unspecified atom stereocenters. The number of aromatic nitrogens is 4. The van der Waals surface area contributed by atoms with Crippen molar-refractivity contribution in [1.29, 1.82) is 0 Å². The lowest BCUT2D eigenvalue weighted by Crippen LogP contribution is -2.50. The fourth-order valence-electron chi connectivity index (χ4n) is 16.8. The number of carbonyl (C=O) groups excluding carboxylic acids is 4. The Morgan fingerprint density at radius 3 is 0.950 bits per heavy atom. The van der Waals surface area contributed by atoms with Gasteiger partial charge in [0.05, 0.1) is 112 Å². The second-order valence-electron chi connectivity index (χ2n) is 31.6. The van der Waals surface area contributed by atoms with Crippen LogP contribution in [0.5, 0.6) is 0 Å². The molecule has 630 valence electrons. The normalized spacial score (nSPS) is 17.1. The number of benzene rings is 4. The van der Waals surface area contributed by atoms with Gasteiger partial charge in [-0.15, -0.1) is 0 Å². The molecule has 0 aliphatic carbocycles. The van der Waals surface area contributed by atoms with Crippen molar-refractivity contribution in [3.8, 4) is 23.7 Å². The van der Waals surface area contributed by atoms with Crippen molar-refractivity contribution in [3.63, 3.8) is 0 Å². The van der Waals surface area contributed by atoms with Gasteiger partial charge in [-0.2, -0.15) is 61.5 Å². The van der Waals surface area contributed by atoms with Gasteiger partial charge in [-0.25, -0.2) is 9.97 Å². The second-order valence-corrected chi connectivity index (χ2v) is 31.6. The van der Waals surface area contributed by atoms with Gasteiger partial charge in [-0.3, -0.25) is 19.2 Å². The first-order chi connectivity index (χ1) is 57.1. The minimum Gasteiger partial charge on any atom is -0.354 e. The average Bonchev–Trinajstić information content (AvgIpc) is 1.71. The molecule has 120 heavy (non-hydrogen) atoms. The van der Waals surface area contributed by atoms with E-state index in [1.54, 1.807) is 58.3 Å². The topological polar surface area (TPSA) is 139 Å². The molecule has 6 aliphatic heterocycles. The van der Waals surface area contributed by atoms with E-state index in [2.05, 4.69) is 57.5 Å². The molecule has 4 atom stereocenters. The Kier molecular flexibility index (Phi) is 25.0. The van der Waals surface area contributed by atoms with Crippen LogP contribution in [0, 0.1) is 47.4 Å². The Bertz CT molecular complexity index is 5510. The van der Waals surface area contributed by atoms with Crippen LogP contribution in [-0.2, 0) is 31.0 Å². The number of nitrogens with one attached hydrogen (secondary N) is 2. The summed E-state index contributed by atoms with van der Waals surface area (Å²) in [4.78, 5) is 80.6. The van der Waals surface area contributed by atoms with Crippen LogP contribution in [0.1, 0.15) is 237 Å². The SMILES string of the molecule is CCCCC(CC)CN1C(=O)/C(=C2\C(=O)N(CC(CC)CCCC)c3cc(C#Cc4c5ccc([nH]5)c(C(F)(F)C(F)(F)C(F)(F)F)c5nc(c(C#Cc6ccc7c(c6)N(CC(CC)CCCC)C(=O)/C7=C6/C(=O)N(CC(CC)CCCC)c7ccccc76)c6nc(c(C(F)(F)C(F)(F)C(F)(F)F)c7ccc4[nH]7)C=C6)C=C5)ccc32)c2ccccc21. The van der Waals surface area contributed by atoms with E-state index in [1.165, 1.54) is 34.1 Å². The number of hydrogen-bond donors (Lipinski definition) is 2. The first kappa shape index (κ1) is 86.8. The van der Waals surface area contributed by atoms with Gasteiger partial charge < -0.3 is 29.6 Å². The number of rotatable bonds is 28. The van der Waals surface area contributed by atoms with E-state index < -0.39 is 127 Å². The van der Waals surface area contributed by atoms with Crippen LogP contribution in [0.2, 0.25) is 0 Å². The summed E-state index contributed by atoms with van der Waals surface area (Å²) in [7, 11) is 0. The van der Waals surface area contributed by atoms with Crippen LogP contribution in [0.15, 0.2) is 109 Å². The highest BCUT2D eigenvalue weighted by atomic mass is 19.4. The highest BCUT2D eigenvalue weighted by Gasteiger charge is 2.75. The molecule has 12 nitrogen and oxygen atoms in total. The van der Waals surface area contributed by atoms with Crippen LogP contribution >= 0.6 is 0 Å². The van der Waals surface area contributed by atoms with Crippen molar-refractivity contribution in [2.24, 2.45) is 23.7 Å². The van der Waals surface area contributed by atoms with Crippen molar-refractivity contribution in [2.45, 2.75) is 194 Å². The first-order valence-corrected chi connectivity index (χ1v) is 41.2. The predicted octanol–water partition coefficient (Wildman–Crippen LogP) is 24.1. The third-order valence-corrected chi connectivity index (χ3v) is 23.9. The first-order valence-electron chi connectivity index (χ1n) is 41.2. The quantitative estimate of drug-likeness (QED) is 0.0284. The number of para-hydroxylation sites is 2. The number of hydrogen-bond acceptors (Lipinski definition) is 6. The fourth-order valence-corrected chi connectivity index (χ4v) is 16.8. The molecule has 4 amide bonds.